The minimum absolute atomic E-state index is 0.0800. The highest BCUT2D eigenvalue weighted by molar-refractivity contribution is 5.91. The van der Waals surface area contributed by atoms with Crippen LogP contribution in [0.25, 0.3) is 0 Å². The molecule has 4 aromatic carbocycles. The largest absolute Gasteiger partial charge is 0.485 e. The Kier molecular flexibility index (Phi) is 7.44. The number of aromatic carboxylic acids is 1. The quantitative estimate of drug-likeness (QED) is 0.282. The molecule has 0 bridgehead atoms. The molecule has 0 aliphatic carbocycles. The Bertz CT molecular complexity index is 1200. The summed E-state index contributed by atoms with van der Waals surface area (Å²) in [4.78, 5) is 12.2. The highest BCUT2D eigenvalue weighted by Crippen LogP contribution is 2.35. The van der Waals surface area contributed by atoms with Gasteiger partial charge in [-0.15, -0.1) is 0 Å². The molecule has 3 unspecified atom stereocenters. The summed E-state index contributed by atoms with van der Waals surface area (Å²) in [7, 11) is 0. The molecule has 0 aliphatic rings. The molecule has 3 atom stereocenters. The summed E-state index contributed by atoms with van der Waals surface area (Å²) in [5.41, 5.74) is 4.55. The zero-order chi connectivity index (χ0) is 23.9. The zero-order valence-corrected chi connectivity index (χ0v) is 19.6. The van der Waals surface area contributed by atoms with Crippen molar-refractivity contribution >= 4 is 5.97 Å². The Hall–Kier alpha value is -3.85. The van der Waals surface area contributed by atoms with Crippen molar-refractivity contribution in [2.24, 2.45) is 0 Å². The molecule has 3 heteroatoms. The summed E-state index contributed by atoms with van der Waals surface area (Å²) in [5.74, 6) is -0.265. The van der Waals surface area contributed by atoms with Gasteiger partial charge in [-0.1, -0.05) is 111 Å². The fourth-order valence-electron chi connectivity index (χ4n) is 4.33. The number of hydrogen-bond acceptors (Lipinski definition) is 2. The summed E-state index contributed by atoms with van der Waals surface area (Å²) in [6.45, 7) is 4.27. The van der Waals surface area contributed by atoms with Crippen LogP contribution in [0.5, 0.6) is 5.75 Å². The molecular weight excluding hydrogens is 420 g/mol. The van der Waals surface area contributed by atoms with Gasteiger partial charge in [0.2, 0.25) is 0 Å². The van der Waals surface area contributed by atoms with E-state index in [1.807, 2.05) is 72.8 Å². The van der Waals surface area contributed by atoms with Crippen molar-refractivity contribution in [3.8, 4) is 5.75 Å². The van der Waals surface area contributed by atoms with Crippen molar-refractivity contribution in [3.05, 3.63) is 137 Å². The number of hydrogen-bond donors (Lipinski definition) is 1. The molecule has 0 saturated heterocycles. The molecule has 0 aliphatic heterocycles. The highest BCUT2D eigenvalue weighted by Gasteiger charge is 2.22. The third kappa shape index (κ3) is 5.55. The fraction of sp³-hybridized carbons (Fsp3) is 0.194. The number of rotatable bonds is 9. The standard InChI is InChI=1S/C31H30O3/c1-22(24-12-6-3-7-13-24)20-30(26-16-10-5-11-17-26)34-29-19-18-27(21-28(29)31(32)33)23(2)25-14-8-4-9-15-25/h3-19,21-23,30H,20H2,1-2H3,(H,32,33). The monoisotopic (exact) mass is 450 g/mol. The summed E-state index contributed by atoms with van der Waals surface area (Å²) < 4.78 is 6.44. The van der Waals surface area contributed by atoms with E-state index in [1.54, 1.807) is 12.1 Å². The van der Waals surface area contributed by atoms with E-state index in [4.69, 9.17) is 4.74 Å². The first-order valence-electron chi connectivity index (χ1n) is 11.7. The lowest BCUT2D eigenvalue weighted by Crippen LogP contribution is -2.14. The van der Waals surface area contributed by atoms with E-state index >= 15 is 0 Å². The third-order valence-electron chi connectivity index (χ3n) is 6.41. The molecular formula is C31H30O3. The Morgan fingerprint density at radius 1 is 0.706 bits per heavy atom. The van der Waals surface area contributed by atoms with Gasteiger partial charge in [0.05, 0.1) is 0 Å². The van der Waals surface area contributed by atoms with E-state index < -0.39 is 5.97 Å². The second kappa shape index (κ2) is 10.8. The molecule has 0 heterocycles. The first kappa shape index (κ1) is 23.3. The number of benzene rings is 4. The molecule has 172 valence electrons. The molecule has 0 spiro atoms. The second-order valence-corrected chi connectivity index (χ2v) is 8.76. The first-order chi connectivity index (χ1) is 16.5. The van der Waals surface area contributed by atoms with Gasteiger partial charge in [0.25, 0.3) is 0 Å². The van der Waals surface area contributed by atoms with E-state index in [-0.39, 0.29) is 23.5 Å². The van der Waals surface area contributed by atoms with Crippen molar-refractivity contribution < 1.29 is 14.6 Å². The van der Waals surface area contributed by atoms with Crippen LogP contribution in [-0.4, -0.2) is 11.1 Å². The normalized spacial score (nSPS) is 13.6. The van der Waals surface area contributed by atoms with Gasteiger partial charge in [-0.2, -0.15) is 0 Å². The molecule has 34 heavy (non-hydrogen) atoms. The van der Waals surface area contributed by atoms with Crippen LogP contribution < -0.4 is 4.74 Å². The minimum atomic E-state index is -0.986. The van der Waals surface area contributed by atoms with Crippen molar-refractivity contribution in [2.75, 3.05) is 0 Å². The van der Waals surface area contributed by atoms with Crippen molar-refractivity contribution in [2.45, 2.75) is 38.2 Å². The molecule has 1 N–H and O–H groups in total. The molecule has 0 radical (unpaired) electrons. The summed E-state index contributed by atoms with van der Waals surface area (Å²) in [5, 5.41) is 10.0. The molecule has 4 rings (SSSR count). The van der Waals surface area contributed by atoms with Crippen molar-refractivity contribution in [1.82, 2.24) is 0 Å². The Labute approximate surface area is 201 Å². The average molecular weight is 451 g/mol. The van der Waals surface area contributed by atoms with Crippen LogP contribution in [0.2, 0.25) is 0 Å². The van der Waals surface area contributed by atoms with Gasteiger partial charge in [0, 0.05) is 5.92 Å². The third-order valence-corrected chi connectivity index (χ3v) is 6.41. The van der Waals surface area contributed by atoms with E-state index in [9.17, 15) is 9.90 Å². The number of ether oxygens (including phenoxy) is 1. The fourth-order valence-corrected chi connectivity index (χ4v) is 4.33. The zero-order valence-electron chi connectivity index (χ0n) is 19.6. The Morgan fingerprint density at radius 3 is 1.79 bits per heavy atom. The molecule has 0 fully saturated rings. The summed E-state index contributed by atoms with van der Waals surface area (Å²) in [6.07, 6.45) is 0.460. The maximum atomic E-state index is 12.2. The van der Waals surface area contributed by atoms with E-state index in [2.05, 4.69) is 38.1 Å². The van der Waals surface area contributed by atoms with Crippen molar-refractivity contribution in [1.29, 1.82) is 0 Å². The highest BCUT2D eigenvalue weighted by atomic mass is 16.5. The Balaban J connectivity index is 1.64. The van der Waals surface area contributed by atoms with E-state index in [1.165, 1.54) is 5.56 Å². The molecule has 0 saturated carbocycles. The molecule has 0 amide bonds. The Morgan fingerprint density at radius 2 is 1.24 bits per heavy atom. The van der Waals surface area contributed by atoms with Crippen molar-refractivity contribution in [3.63, 3.8) is 0 Å². The second-order valence-electron chi connectivity index (χ2n) is 8.76. The van der Waals surface area contributed by atoms with Crippen LogP contribution >= 0.6 is 0 Å². The van der Waals surface area contributed by atoms with Crippen LogP contribution in [0.1, 0.15) is 70.8 Å². The van der Waals surface area contributed by atoms with E-state index in [0.717, 1.165) is 23.1 Å². The molecule has 4 aromatic rings. The van der Waals surface area contributed by atoms with Gasteiger partial charge in [0.15, 0.2) is 0 Å². The van der Waals surface area contributed by atoms with Gasteiger partial charge in [-0.3, -0.25) is 0 Å². The SMILES string of the molecule is CC(CC(Oc1ccc(C(C)c2ccccc2)cc1C(=O)O)c1ccccc1)c1ccccc1. The molecule has 0 aromatic heterocycles. The smallest absolute Gasteiger partial charge is 0.339 e. The topological polar surface area (TPSA) is 46.5 Å². The summed E-state index contributed by atoms with van der Waals surface area (Å²) in [6, 6.07) is 36.0. The number of carboxylic acids is 1. The number of carbonyl (C=O) groups is 1. The minimum Gasteiger partial charge on any atom is -0.485 e. The van der Waals surface area contributed by atoms with Crippen LogP contribution in [0.3, 0.4) is 0 Å². The molecule has 3 nitrogen and oxygen atoms in total. The summed E-state index contributed by atoms with van der Waals surface area (Å²) >= 11 is 0. The first-order valence-corrected chi connectivity index (χ1v) is 11.7. The van der Waals surface area contributed by atoms with E-state index in [0.29, 0.717) is 5.75 Å². The van der Waals surface area contributed by atoms with Gasteiger partial charge < -0.3 is 9.84 Å². The maximum Gasteiger partial charge on any atom is 0.339 e. The lowest BCUT2D eigenvalue weighted by Gasteiger charge is -2.25. The van der Waals surface area contributed by atoms with Gasteiger partial charge in [0.1, 0.15) is 17.4 Å². The van der Waals surface area contributed by atoms with Crippen LogP contribution in [-0.2, 0) is 0 Å². The average Bonchev–Trinajstić information content (AvgIpc) is 2.89. The van der Waals surface area contributed by atoms with Gasteiger partial charge in [-0.05, 0) is 46.7 Å². The van der Waals surface area contributed by atoms with Crippen LogP contribution in [0, 0.1) is 0 Å². The lowest BCUT2D eigenvalue weighted by molar-refractivity contribution is 0.0688. The lowest BCUT2D eigenvalue weighted by atomic mass is 9.91. The van der Waals surface area contributed by atoms with Gasteiger partial charge >= 0.3 is 5.97 Å². The maximum absolute atomic E-state index is 12.2. The van der Waals surface area contributed by atoms with Gasteiger partial charge in [-0.25, -0.2) is 4.79 Å². The predicted molar refractivity (Wildman–Crippen MR) is 137 cm³/mol. The van der Waals surface area contributed by atoms with Crippen LogP contribution in [0.15, 0.2) is 109 Å². The predicted octanol–water partition coefficient (Wildman–Crippen LogP) is 7.85. The van der Waals surface area contributed by atoms with Crippen LogP contribution in [0.4, 0.5) is 0 Å². The number of carboxylic acid groups (broad SMARTS) is 1.